The van der Waals surface area contributed by atoms with Crippen LogP contribution in [0.15, 0.2) is 30.5 Å². The third kappa shape index (κ3) is 8.11. The van der Waals surface area contributed by atoms with Crippen LogP contribution in [0.3, 0.4) is 0 Å². The summed E-state index contributed by atoms with van der Waals surface area (Å²) in [5, 5.41) is 4.35. The molecule has 2 aromatic heterocycles. The molecule has 2 saturated heterocycles. The van der Waals surface area contributed by atoms with E-state index in [1.165, 1.54) is 18.5 Å². The molecule has 0 unspecified atom stereocenters. The van der Waals surface area contributed by atoms with Gasteiger partial charge >= 0.3 is 0 Å². The van der Waals surface area contributed by atoms with Gasteiger partial charge in [-0.25, -0.2) is 9.97 Å². The van der Waals surface area contributed by atoms with Gasteiger partial charge in [-0.1, -0.05) is 11.6 Å². The summed E-state index contributed by atoms with van der Waals surface area (Å²) in [5.74, 6) is 0.816. The Morgan fingerprint density at radius 3 is 2.15 bits per heavy atom. The number of halogens is 1. The lowest BCUT2D eigenvalue weighted by molar-refractivity contribution is 0.175. The van der Waals surface area contributed by atoms with Crippen LogP contribution in [0, 0.1) is 0 Å². The summed E-state index contributed by atoms with van der Waals surface area (Å²) >= 11 is 6.65. The Bertz CT molecular complexity index is 1210. The van der Waals surface area contributed by atoms with E-state index in [-0.39, 0.29) is 0 Å². The molecule has 0 amide bonds. The Morgan fingerprint density at radius 2 is 1.51 bits per heavy atom. The Hall–Kier alpha value is -2.43. The fourth-order valence-electron chi connectivity index (χ4n) is 5.94. The minimum Gasteiger partial charge on any atom is -0.385 e. The Balaban J connectivity index is 1.17. The molecule has 3 aromatic rings. The molecule has 0 aliphatic carbocycles. The van der Waals surface area contributed by atoms with Gasteiger partial charge in [0.05, 0.1) is 16.9 Å². The molecule has 2 fully saturated rings. The summed E-state index contributed by atoms with van der Waals surface area (Å²) in [4.78, 5) is 20.5. The molecule has 4 heterocycles. The number of unbranched alkanes of at least 4 members (excludes halogenated alkanes) is 2. The third-order valence-corrected chi connectivity index (χ3v) is 8.72. The average molecular weight is 584 g/mol. The van der Waals surface area contributed by atoms with E-state index in [9.17, 15) is 0 Å². The van der Waals surface area contributed by atoms with E-state index in [1.807, 2.05) is 0 Å². The van der Waals surface area contributed by atoms with Crippen LogP contribution in [0.1, 0.15) is 38.5 Å². The van der Waals surface area contributed by atoms with Crippen molar-refractivity contribution < 1.29 is 9.47 Å². The first-order valence-electron chi connectivity index (χ1n) is 15.2. The normalized spacial score (nSPS) is 17.5. The minimum absolute atomic E-state index is 0.380. The highest BCUT2D eigenvalue weighted by Gasteiger charge is 2.22. The molecule has 0 atom stereocenters. The van der Waals surface area contributed by atoms with Gasteiger partial charge in [-0.05, 0) is 75.9 Å². The number of H-pyrrole nitrogens is 1. The fourth-order valence-corrected chi connectivity index (χ4v) is 6.14. The van der Waals surface area contributed by atoms with Crippen molar-refractivity contribution >= 4 is 34.1 Å². The quantitative estimate of drug-likeness (QED) is 0.253. The zero-order valence-corrected chi connectivity index (χ0v) is 25.5. The predicted molar refractivity (Wildman–Crippen MR) is 168 cm³/mol. The number of methoxy groups -OCH3 is 2. The number of nitrogens with one attached hydrogen (secondary N) is 2. The van der Waals surface area contributed by atoms with Crippen molar-refractivity contribution in [3.05, 3.63) is 35.5 Å². The molecule has 1 aromatic carbocycles. The highest BCUT2D eigenvalue weighted by atomic mass is 35.5. The molecule has 224 valence electrons. The van der Waals surface area contributed by atoms with E-state index in [2.05, 4.69) is 54.2 Å². The zero-order chi connectivity index (χ0) is 28.4. The van der Waals surface area contributed by atoms with Crippen LogP contribution in [-0.4, -0.2) is 111 Å². The summed E-state index contributed by atoms with van der Waals surface area (Å²) < 4.78 is 10.4. The zero-order valence-electron chi connectivity index (χ0n) is 24.7. The molecule has 41 heavy (non-hydrogen) atoms. The number of ether oxygens (including phenoxy) is 2. The SMILES string of the molecule is COCCCCN1CCC(Nc2c(Cl)cnc3nc(-c4ccc(N5CCN(CCCCOC)CC5)cc4)[nH]c23)CC1. The number of piperazine rings is 1. The number of nitrogens with zero attached hydrogens (tertiary/aromatic N) is 5. The molecule has 0 radical (unpaired) electrons. The van der Waals surface area contributed by atoms with Crippen LogP contribution in [-0.2, 0) is 9.47 Å². The lowest BCUT2D eigenvalue weighted by Crippen LogP contribution is -2.46. The second-order valence-corrected chi connectivity index (χ2v) is 11.7. The first-order valence-corrected chi connectivity index (χ1v) is 15.6. The highest BCUT2D eigenvalue weighted by Crippen LogP contribution is 2.32. The topological polar surface area (TPSA) is 81.8 Å². The average Bonchev–Trinajstić information content (AvgIpc) is 3.45. The number of anilines is 2. The van der Waals surface area contributed by atoms with Crippen molar-refractivity contribution in [1.29, 1.82) is 0 Å². The van der Waals surface area contributed by atoms with Crippen LogP contribution in [0.4, 0.5) is 11.4 Å². The van der Waals surface area contributed by atoms with Crippen LogP contribution in [0.2, 0.25) is 5.02 Å². The number of hydrogen-bond acceptors (Lipinski definition) is 8. The van der Waals surface area contributed by atoms with E-state index in [0.717, 1.165) is 114 Å². The van der Waals surface area contributed by atoms with Crippen molar-refractivity contribution in [2.24, 2.45) is 0 Å². The molecule has 0 saturated carbocycles. The van der Waals surface area contributed by atoms with Crippen LogP contribution < -0.4 is 10.2 Å². The molecule has 0 bridgehead atoms. The maximum Gasteiger partial charge on any atom is 0.180 e. The van der Waals surface area contributed by atoms with Crippen molar-refractivity contribution in [2.75, 3.05) is 90.0 Å². The van der Waals surface area contributed by atoms with E-state index < -0.39 is 0 Å². The fraction of sp³-hybridized carbons (Fsp3) is 0.613. The van der Waals surface area contributed by atoms with Crippen LogP contribution in [0.5, 0.6) is 0 Å². The number of piperidine rings is 1. The van der Waals surface area contributed by atoms with Gasteiger partial charge in [0.2, 0.25) is 0 Å². The monoisotopic (exact) mass is 583 g/mol. The number of benzene rings is 1. The van der Waals surface area contributed by atoms with Crippen molar-refractivity contribution in [2.45, 2.75) is 44.6 Å². The summed E-state index contributed by atoms with van der Waals surface area (Å²) in [7, 11) is 3.55. The number of pyridine rings is 1. The van der Waals surface area contributed by atoms with E-state index >= 15 is 0 Å². The molecular formula is C31H46ClN7O2. The highest BCUT2D eigenvalue weighted by molar-refractivity contribution is 6.34. The van der Waals surface area contributed by atoms with Gasteiger partial charge in [-0.3, -0.25) is 4.90 Å². The maximum absolute atomic E-state index is 6.65. The van der Waals surface area contributed by atoms with Gasteiger partial charge in [-0.2, -0.15) is 0 Å². The number of imidazole rings is 1. The van der Waals surface area contributed by atoms with Gasteiger partial charge in [0.15, 0.2) is 5.65 Å². The number of aromatic nitrogens is 3. The molecule has 5 rings (SSSR count). The van der Waals surface area contributed by atoms with Gasteiger partial charge in [0.25, 0.3) is 0 Å². The van der Waals surface area contributed by atoms with E-state index in [4.69, 9.17) is 26.1 Å². The first kappa shape index (κ1) is 30.0. The maximum atomic E-state index is 6.65. The first-order chi connectivity index (χ1) is 20.1. The number of fused-ring (bicyclic) bond motifs is 1. The molecule has 2 N–H and O–H groups in total. The molecule has 0 spiro atoms. The smallest absolute Gasteiger partial charge is 0.180 e. The summed E-state index contributed by atoms with van der Waals surface area (Å²) in [6.07, 6.45) is 8.54. The standard InChI is InChI=1S/C31H46ClN7O2/c1-40-21-5-3-13-37-15-11-25(12-16-37)34-28-27(32)23-33-31-29(28)35-30(36-31)24-7-9-26(10-8-24)39-19-17-38(18-20-39)14-4-6-22-41-2/h7-10,23,25H,3-6,11-22H2,1-2H3,(H2,33,34,35,36). The molecular weight excluding hydrogens is 538 g/mol. The summed E-state index contributed by atoms with van der Waals surface area (Å²) in [6, 6.07) is 9.10. The Kier molecular flexibility index (Phi) is 11.1. The van der Waals surface area contributed by atoms with Crippen LogP contribution in [0.25, 0.3) is 22.6 Å². The van der Waals surface area contributed by atoms with Gasteiger partial charge < -0.3 is 29.6 Å². The second kappa shape index (κ2) is 15.2. The van der Waals surface area contributed by atoms with Crippen molar-refractivity contribution in [3.8, 4) is 11.4 Å². The van der Waals surface area contributed by atoms with Crippen LogP contribution >= 0.6 is 11.6 Å². The number of likely N-dealkylation sites (tertiary alicyclic amines) is 1. The number of aromatic amines is 1. The number of hydrogen-bond donors (Lipinski definition) is 2. The molecule has 10 heteroatoms. The van der Waals surface area contributed by atoms with Crippen molar-refractivity contribution in [3.63, 3.8) is 0 Å². The van der Waals surface area contributed by atoms with Gasteiger partial charge in [-0.15, -0.1) is 0 Å². The third-order valence-electron chi connectivity index (χ3n) is 8.43. The lowest BCUT2D eigenvalue weighted by Gasteiger charge is -2.36. The Labute approximate surface area is 249 Å². The van der Waals surface area contributed by atoms with Gasteiger partial charge in [0.1, 0.15) is 11.3 Å². The lowest BCUT2D eigenvalue weighted by atomic mass is 10.0. The summed E-state index contributed by atoms with van der Waals surface area (Å²) in [5.41, 5.74) is 4.78. The molecule has 2 aliphatic heterocycles. The van der Waals surface area contributed by atoms with Gasteiger partial charge in [0, 0.05) is 84.0 Å². The van der Waals surface area contributed by atoms with E-state index in [0.29, 0.717) is 16.7 Å². The van der Waals surface area contributed by atoms with Crippen molar-refractivity contribution in [1.82, 2.24) is 24.8 Å². The molecule has 2 aliphatic rings. The Morgan fingerprint density at radius 1 is 0.878 bits per heavy atom. The van der Waals surface area contributed by atoms with E-state index in [1.54, 1.807) is 20.4 Å². The largest absolute Gasteiger partial charge is 0.385 e. The minimum atomic E-state index is 0.380. The predicted octanol–water partition coefficient (Wildman–Crippen LogP) is 5.13. The number of rotatable bonds is 14. The summed E-state index contributed by atoms with van der Waals surface area (Å²) in [6.45, 7) is 10.5. The second-order valence-electron chi connectivity index (χ2n) is 11.3. The molecule has 9 nitrogen and oxygen atoms in total.